The summed E-state index contributed by atoms with van der Waals surface area (Å²) in [6, 6.07) is 3.36. The van der Waals surface area contributed by atoms with Gasteiger partial charge in [0.2, 0.25) is 0 Å². The first kappa shape index (κ1) is 15.9. The van der Waals surface area contributed by atoms with Crippen molar-refractivity contribution in [1.82, 2.24) is 9.88 Å². The van der Waals surface area contributed by atoms with Gasteiger partial charge in [-0.15, -0.1) is 0 Å². The molecule has 0 aliphatic heterocycles. The second-order valence-corrected chi connectivity index (χ2v) is 4.89. The van der Waals surface area contributed by atoms with Crippen LogP contribution in [-0.4, -0.2) is 27.6 Å². The van der Waals surface area contributed by atoms with Crippen molar-refractivity contribution < 1.29 is 27.9 Å². The predicted molar refractivity (Wildman–Crippen MR) is 72.5 cm³/mol. The minimum atomic E-state index is -4.47. The molecule has 2 rings (SSSR count). The van der Waals surface area contributed by atoms with Gasteiger partial charge in [0.15, 0.2) is 0 Å². The molecule has 118 valence electrons. The van der Waals surface area contributed by atoms with Crippen molar-refractivity contribution in [2.75, 3.05) is 0 Å². The SMILES string of the molecule is C[C@@H](NC(=O)c1cc2cc(C(F)(F)F)ccc2n1C)C(=O)O. The van der Waals surface area contributed by atoms with E-state index in [1.54, 1.807) is 0 Å². The number of carbonyl (C=O) groups excluding carboxylic acids is 1. The molecular formula is C14H13F3N2O3. The molecular weight excluding hydrogens is 301 g/mol. The predicted octanol–water partition coefficient (Wildman–Crippen LogP) is 2.40. The molecule has 0 fully saturated rings. The van der Waals surface area contributed by atoms with Crippen molar-refractivity contribution in [1.29, 1.82) is 0 Å². The molecule has 0 aliphatic rings. The molecule has 0 spiro atoms. The number of aryl methyl sites for hydroxylation is 1. The summed E-state index contributed by atoms with van der Waals surface area (Å²) in [5.74, 6) is -1.87. The lowest BCUT2D eigenvalue weighted by Gasteiger charge is -2.10. The highest BCUT2D eigenvalue weighted by molar-refractivity contribution is 6.00. The van der Waals surface area contributed by atoms with Crippen LogP contribution in [0.4, 0.5) is 13.2 Å². The van der Waals surface area contributed by atoms with E-state index >= 15 is 0 Å². The van der Waals surface area contributed by atoms with Crippen LogP contribution in [0.15, 0.2) is 24.3 Å². The Hall–Kier alpha value is -2.51. The van der Waals surface area contributed by atoms with Crippen molar-refractivity contribution in [2.24, 2.45) is 7.05 Å². The summed E-state index contributed by atoms with van der Waals surface area (Å²) in [5.41, 5.74) is -0.278. The highest BCUT2D eigenvalue weighted by Crippen LogP contribution is 2.32. The summed E-state index contributed by atoms with van der Waals surface area (Å²) in [5, 5.41) is 11.3. The first-order valence-electron chi connectivity index (χ1n) is 6.31. The van der Waals surface area contributed by atoms with E-state index in [9.17, 15) is 22.8 Å². The van der Waals surface area contributed by atoms with Gasteiger partial charge in [-0.05, 0) is 31.2 Å². The second kappa shape index (κ2) is 5.36. The normalized spacial score (nSPS) is 13.1. The van der Waals surface area contributed by atoms with E-state index in [-0.39, 0.29) is 11.1 Å². The molecule has 0 unspecified atom stereocenters. The average Bonchev–Trinajstić information content (AvgIpc) is 2.74. The maximum absolute atomic E-state index is 12.7. The third kappa shape index (κ3) is 2.90. The van der Waals surface area contributed by atoms with Crippen molar-refractivity contribution in [2.45, 2.75) is 19.1 Å². The highest BCUT2D eigenvalue weighted by atomic mass is 19.4. The van der Waals surface area contributed by atoms with E-state index in [2.05, 4.69) is 5.32 Å². The average molecular weight is 314 g/mol. The molecule has 0 radical (unpaired) electrons. The van der Waals surface area contributed by atoms with Crippen LogP contribution in [0.5, 0.6) is 0 Å². The lowest BCUT2D eigenvalue weighted by molar-refractivity contribution is -0.139. The van der Waals surface area contributed by atoms with Gasteiger partial charge in [-0.2, -0.15) is 13.2 Å². The van der Waals surface area contributed by atoms with Gasteiger partial charge in [0.05, 0.1) is 5.56 Å². The van der Waals surface area contributed by atoms with Crippen molar-refractivity contribution in [3.05, 3.63) is 35.5 Å². The number of halogens is 3. The van der Waals surface area contributed by atoms with Gasteiger partial charge >= 0.3 is 12.1 Å². The van der Waals surface area contributed by atoms with E-state index < -0.39 is 29.7 Å². The Morgan fingerprint density at radius 3 is 2.45 bits per heavy atom. The van der Waals surface area contributed by atoms with Crippen LogP contribution in [0, 0.1) is 0 Å². The lowest BCUT2D eigenvalue weighted by atomic mass is 10.1. The number of benzene rings is 1. The van der Waals surface area contributed by atoms with Gasteiger partial charge in [-0.1, -0.05) is 0 Å². The molecule has 1 heterocycles. The fraction of sp³-hybridized carbons (Fsp3) is 0.286. The topological polar surface area (TPSA) is 71.3 Å². The highest BCUT2D eigenvalue weighted by Gasteiger charge is 2.31. The number of nitrogens with zero attached hydrogens (tertiary/aromatic N) is 1. The van der Waals surface area contributed by atoms with Crippen LogP contribution in [0.2, 0.25) is 0 Å². The Labute approximate surface area is 123 Å². The molecule has 0 aliphatic carbocycles. The molecule has 2 aromatic rings. The number of carboxylic acid groups (broad SMARTS) is 1. The van der Waals surface area contributed by atoms with Crippen molar-refractivity contribution >= 4 is 22.8 Å². The first-order valence-corrected chi connectivity index (χ1v) is 6.31. The van der Waals surface area contributed by atoms with Gasteiger partial charge in [-0.25, -0.2) is 0 Å². The second-order valence-electron chi connectivity index (χ2n) is 4.89. The number of fused-ring (bicyclic) bond motifs is 1. The van der Waals surface area contributed by atoms with Gasteiger partial charge in [-0.3, -0.25) is 9.59 Å². The van der Waals surface area contributed by atoms with Crippen molar-refractivity contribution in [3.8, 4) is 0 Å². The zero-order valence-electron chi connectivity index (χ0n) is 11.7. The van der Waals surface area contributed by atoms with Gasteiger partial charge in [0.25, 0.3) is 5.91 Å². The molecule has 1 amide bonds. The number of alkyl halides is 3. The van der Waals surface area contributed by atoms with Gasteiger partial charge < -0.3 is 15.0 Å². The first-order chi connectivity index (χ1) is 10.1. The van der Waals surface area contributed by atoms with E-state index in [0.717, 1.165) is 12.1 Å². The fourth-order valence-corrected chi connectivity index (χ4v) is 2.08. The third-order valence-electron chi connectivity index (χ3n) is 3.32. The molecule has 22 heavy (non-hydrogen) atoms. The summed E-state index contributed by atoms with van der Waals surface area (Å²) in [4.78, 5) is 22.7. The Kier molecular flexibility index (Phi) is 3.87. The number of nitrogens with one attached hydrogen (secondary N) is 1. The van der Waals surface area contributed by atoms with Crippen LogP contribution in [0.1, 0.15) is 23.0 Å². The van der Waals surface area contributed by atoms with Crippen LogP contribution in [0.3, 0.4) is 0 Å². The van der Waals surface area contributed by atoms with E-state index in [1.165, 1.54) is 30.7 Å². The van der Waals surface area contributed by atoms with E-state index in [0.29, 0.717) is 5.52 Å². The fourth-order valence-electron chi connectivity index (χ4n) is 2.08. The molecule has 1 aromatic carbocycles. The monoisotopic (exact) mass is 314 g/mol. The van der Waals surface area contributed by atoms with E-state index in [1.807, 2.05) is 0 Å². The molecule has 2 N–H and O–H groups in total. The Bertz CT molecular complexity index is 750. The molecule has 0 saturated heterocycles. The number of amides is 1. The molecule has 0 saturated carbocycles. The maximum Gasteiger partial charge on any atom is 0.416 e. The molecule has 8 heteroatoms. The molecule has 1 aromatic heterocycles. The standard InChI is InChI=1S/C14H13F3N2O3/c1-7(13(21)22)18-12(20)11-6-8-5-9(14(15,16)17)3-4-10(8)19(11)2/h3-7H,1-2H3,(H,18,20)(H,21,22)/t7-/m1/s1. The number of rotatable bonds is 3. The number of aromatic nitrogens is 1. The zero-order valence-corrected chi connectivity index (χ0v) is 11.7. The number of hydrogen-bond acceptors (Lipinski definition) is 2. The Morgan fingerprint density at radius 1 is 1.27 bits per heavy atom. The smallest absolute Gasteiger partial charge is 0.416 e. The van der Waals surface area contributed by atoms with Gasteiger partial charge in [0, 0.05) is 18.0 Å². The zero-order chi connectivity index (χ0) is 16.7. The maximum atomic E-state index is 12.7. The Morgan fingerprint density at radius 2 is 1.91 bits per heavy atom. The molecule has 5 nitrogen and oxygen atoms in total. The summed E-state index contributed by atoms with van der Waals surface area (Å²) in [6.07, 6.45) is -4.47. The molecule has 0 bridgehead atoms. The quantitative estimate of drug-likeness (QED) is 0.914. The largest absolute Gasteiger partial charge is 0.480 e. The lowest BCUT2D eigenvalue weighted by Crippen LogP contribution is -2.39. The minimum Gasteiger partial charge on any atom is -0.480 e. The van der Waals surface area contributed by atoms with Gasteiger partial charge in [0.1, 0.15) is 11.7 Å². The summed E-state index contributed by atoms with van der Waals surface area (Å²) in [6.45, 7) is 1.30. The van der Waals surface area contributed by atoms with Crippen LogP contribution >= 0.6 is 0 Å². The number of aliphatic carboxylic acids is 1. The van der Waals surface area contributed by atoms with Crippen LogP contribution in [-0.2, 0) is 18.0 Å². The minimum absolute atomic E-state index is 0.0856. The number of carbonyl (C=O) groups is 2. The van der Waals surface area contributed by atoms with Crippen molar-refractivity contribution in [3.63, 3.8) is 0 Å². The Balaban J connectivity index is 2.42. The summed E-state index contributed by atoms with van der Waals surface area (Å²) in [7, 11) is 1.52. The third-order valence-corrected chi connectivity index (χ3v) is 3.32. The summed E-state index contributed by atoms with van der Waals surface area (Å²) >= 11 is 0. The van der Waals surface area contributed by atoms with Crippen LogP contribution in [0.25, 0.3) is 10.9 Å². The number of hydrogen-bond donors (Lipinski definition) is 2. The van der Waals surface area contributed by atoms with Crippen LogP contribution < -0.4 is 5.32 Å². The summed E-state index contributed by atoms with van der Waals surface area (Å²) < 4.78 is 39.5. The number of carboxylic acids is 1. The molecule has 1 atom stereocenters. The van der Waals surface area contributed by atoms with E-state index in [4.69, 9.17) is 5.11 Å².